The third-order valence-corrected chi connectivity index (χ3v) is 4.05. The zero-order chi connectivity index (χ0) is 16.4. The van der Waals surface area contributed by atoms with Crippen molar-refractivity contribution in [3.05, 3.63) is 36.7 Å². The van der Waals surface area contributed by atoms with Gasteiger partial charge in [-0.05, 0) is 31.0 Å². The van der Waals surface area contributed by atoms with E-state index < -0.39 is 0 Å². The molecule has 1 aliphatic rings. The molecule has 3 aromatic rings. The van der Waals surface area contributed by atoms with Crippen molar-refractivity contribution in [3.63, 3.8) is 0 Å². The van der Waals surface area contributed by atoms with E-state index in [-0.39, 0.29) is 0 Å². The third kappa shape index (κ3) is 2.80. The second-order valence-electron chi connectivity index (χ2n) is 5.61. The fraction of sp³-hybridized carbons (Fsp3) is 0.294. The Balaban J connectivity index is 1.61. The average Bonchev–Trinajstić information content (AvgIpc) is 3.34. The lowest BCUT2D eigenvalue weighted by Gasteiger charge is -2.16. The lowest BCUT2D eigenvalue weighted by molar-refractivity contribution is 0.397. The molecular weight excluding hydrogens is 306 g/mol. The van der Waals surface area contributed by atoms with Gasteiger partial charge >= 0.3 is 0 Å². The van der Waals surface area contributed by atoms with Crippen LogP contribution in [0.2, 0.25) is 0 Å². The predicted octanol–water partition coefficient (Wildman–Crippen LogP) is 2.80. The van der Waals surface area contributed by atoms with Gasteiger partial charge < -0.3 is 14.2 Å². The van der Waals surface area contributed by atoms with Crippen LogP contribution in [0.1, 0.15) is 12.8 Å². The van der Waals surface area contributed by atoms with Gasteiger partial charge in [0.15, 0.2) is 0 Å². The quantitative estimate of drug-likeness (QED) is 0.730. The molecule has 7 heteroatoms. The van der Waals surface area contributed by atoms with E-state index in [0.717, 1.165) is 30.0 Å². The van der Waals surface area contributed by atoms with Crippen molar-refractivity contribution >= 4 is 5.82 Å². The summed E-state index contributed by atoms with van der Waals surface area (Å²) < 4.78 is 10.4. The Bertz CT molecular complexity index is 825. The van der Waals surface area contributed by atoms with Crippen molar-refractivity contribution < 1.29 is 9.26 Å². The van der Waals surface area contributed by atoms with Crippen LogP contribution in [0.5, 0.6) is 5.88 Å². The van der Waals surface area contributed by atoms with Crippen molar-refractivity contribution in [2.45, 2.75) is 12.8 Å². The number of ether oxygens (including phenoxy) is 1. The molecule has 3 aromatic heterocycles. The Morgan fingerprint density at radius 1 is 1.08 bits per heavy atom. The summed E-state index contributed by atoms with van der Waals surface area (Å²) in [5, 5.41) is 4.08. The van der Waals surface area contributed by atoms with Crippen molar-refractivity contribution in [1.29, 1.82) is 0 Å². The molecular formula is C17H17N5O2. The molecule has 0 aliphatic carbocycles. The van der Waals surface area contributed by atoms with Gasteiger partial charge in [-0.1, -0.05) is 5.16 Å². The van der Waals surface area contributed by atoms with Crippen LogP contribution in [0.25, 0.3) is 22.8 Å². The van der Waals surface area contributed by atoms with E-state index in [1.807, 2.05) is 18.2 Å². The molecule has 1 fully saturated rings. The Morgan fingerprint density at radius 3 is 2.71 bits per heavy atom. The summed E-state index contributed by atoms with van der Waals surface area (Å²) in [7, 11) is 1.58. The van der Waals surface area contributed by atoms with Gasteiger partial charge in [0.2, 0.25) is 11.7 Å². The largest absolute Gasteiger partial charge is 0.481 e. The summed E-state index contributed by atoms with van der Waals surface area (Å²) >= 11 is 0. The van der Waals surface area contributed by atoms with Crippen LogP contribution in [0.3, 0.4) is 0 Å². The first kappa shape index (κ1) is 14.6. The topological polar surface area (TPSA) is 77.2 Å². The summed E-state index contributed by atoms with van der Waals surface area (Å²) in [6.07, 6.45) is 5.86. The summed E-state index contributed by atoms with van der Waals surface area (Å²) in [5.41, 5.74) is 1.65. The fourth-order valence-electron chi connectivity index (χ4n) is 2.76. The first-order valence-electron chi connectivity index (χ1n) is 7.89. The van der Waals surface area contributed by atoms with Crippen molar-refractivity contribution in [1.82, 2.24) is 20.1 Å². The Morgan fingerprint density at radius 2 is 1.96 bits per heavy atom. The molecule has 0 atom stereocenters. The number of anilines is 1. The number of hydrogen-bond donors (Lipinski definition) is 0. The van der Waals surface area contributed by atoms with E-state index in [4.69, 9.17) is 9.26 Å². The molecule has 1 saturated heterocycles. The first-order chi connectivity index (χ1) is 11.8. The molecule has 1 aliphatic heterocycles. The smallest absolute Gasteiger partial charge is 0.259 e. The average molecular weight is 323 g/mol. The fourth-order valence-corrected chi connectivity index (χ4v) is 2.76. The second kappa shape index (κ2) is 6.27. The Hall–Kier alpha value is -2.96. The van der Waals surface area contributed by atoms with E-state index in [0.29, 0.717) is 17.6 Å². The van der Waals surface area contributed by atoms with Crippen LogP contribution >= 0.6 is 0 Å². The zero-order valence-electron chi connectivity index (χ0n) is 13.3. The van der Waals surface area contributed by atoms with E-state index in [1.54, 1.807) is 25.6 Å². The molecule has 0 saturated carbocycles. The lowest BCUT2D eigenvalue weighted by atomic mass is 10.2. The minimum atomic E-state index is 0.430. The van der Waals surface area contributed by atoms with E-state index in [1.165, 1.54) is 12.8 Å². The van der Waals surface area contributed by atoms with Crippen LogP contribution in [-0.4, -0.2) is 40.3 Å². The number of hydrogen-bond acceptors (Lipinski definition) is 7. The second-order valence-corrected chi connectivity index (χ2v) is 5.61. The maximum absolute atomic E-state index is 5.37. The van der Waals surface area contributed by atoms with Gasteiger partial charge in [0, 0.05) is 37.1 Å². The van der Waals surface area contributed by atoms with E-state index in [2.05, 4.69) is 25.0 Å². The molecule has 122 valence electrons. The molecule has 7 nitrogen and oxygen atoms in total. The monoisotopic (exact) mass is 323 g/mol. The molecule has 0 radical (unpaired) electrons. The summed E-state index contributed by atoms with van der Waals surface area (Å²) in [4.78, 5) is 15.3. The molecule has 0 unspecified atom stereocenters. The molecule has 0 bridgehead atoms. The van der Waals surface area contributed by atoms with Crippen molar-refractivity contribution in [3.8, 4) is 28.7 Å². The van der Waals surface area contributed by atoms with Gasteiger partial charge in [0.25, 0.3) is 5.89 Å². The highest BCUT2D eigenvalue weighted by Gasteiger charge is 2.16. The van der Waals surface area contributed by atoms with Crippen LogP contribution < -0.4 is 9.64 Å². The normalized spacial score (nSPS) is 14.1. The Labute approximate surface area is 139 Å². The molecule has 4 rings (SSSR count). The van der Waals surface area contributed by atoms with Gasteiger partial charge in [-0.15, -0.1) is 0 Å². The summed E-state index contributed by atoms with van der Waals surface area (Å²) in [6, 6.07) is 7.50. The van der Waals surface area contributed by atoms with Crippen LogP contribution in [0, 0.1) is 0 Å². The molecule has 24 heavy (non-hydrogen) atoms. The maximum Gasteiger partial charge on any atom is 0.259 e. The van der Waals surface area contributed by atoms with Crippen molar-refractivity contribution in [2.75, 3.05) is 25.1 Å². The number of methoxy groups -OCH3 is 1. The minimum Gasteiger partial charge on any atom is -0.481 e. The number of pyridine rings is 2. The highest BCUT2D eigenvalue weighted by molar-refractivity contribution is 5.62. The highest BCUT2D eigenvalue weighted by atomic mass is 16.5. The predicted molar refractivity (Wildman–Crippen MR) is 88.8 cm³/mol. The van der Waals surface area contributed by atoms with Crippen LogP contribution in [0.15, 0.2) is 41.2 Å². The van der Waals surface area contributed by atoms with Crippen molar-refractivity contribution in [2.24, 2.45) is 0 Å². The molecule has 0 amide bonds. The van der Waals surface area contributed by atoms with Gasteiger partial charge in [-0.25, -0.2) is 9.97 Å². The van der Waals surface area contributed by atoms with Gasteiger partial charge in [-0.2, -0.15) is 4.98 Å². The van der Waals surface area contributed by atoms with E-state index >= 15 is 0 Å². The highest BCUT2D eigenvalue weighted by Crippen LogP contribution is 2.25. The maximum atomic E-state index is 5.37. The van der Waals surface area contributed by atoms with Crippen LogP contribution in [-0.2, 0) is 0 Å². The lowest BCUT2D eigenvalue weighted by Crippen LogP contribution is -2.18. The summed E-state index contributed by atoms with van der Waals surface area (Å²) in [5.74, 6) is 2.48. The van der Waals surface area contributed by atoms with Gasteiger partial charge in [0.05, 0.1) is 12.7 Å². The molecule has 4 heterocycles. The zero-order valence-corrected chi connectivity index (χ0v) is 13.3. The third-order valence-electron chi connectivity index (χ3n) is 4.05. The molecule has 0 N–H and O–H groups in total. The first-order valence-corrected chi connectivity index (χ1v) is 7.89. The van der Waals surface area contributed by atoms with Crippen LogP contribution in [0.4, 0.5) is 5.82 Å². The minimum absolute atomic E-state index is 0.430. The number of nitrogens with zero attached hydrogens (tertiary/aromatic N) is 5. The number of aromatic nitrogens is 4. The molecule has 0 aromatic carbocycles. The Kier molecular flexibility index (Phi) is 3.82. The van der Waals surface area contributed by atoms with Gasteiger partial charge in [-0.3, -0.25) is 0 Å². The standard InChI is InChI=1S/C17H17N5O2/c1-23-15-5-4-13(11-19-15)17-20-16(21-24-17)12-6-7-18-14(10-12)22-8-2-3-9-22/h4-7,10-11H,2-3,8-9H2,1H3. The summed E-state index contributed by atoms with van der Waals surface area (Å²) in [6.45, 7) is 2.09. The SMILES string of the molecule is COc1ccc(-c2nc(-c3ccnc(N4CCCC4)c3)no2)cn1. The number of rotatable bonds is 4. The van der Waals surface area contributed by atoms with Gasteiger partial charge in [0.1, 0.15) is 5.82 Å². The molecule has 0 spiro atoms. The van der Waals surface area contributed by atoms with E-state index in [9.17, 15) is 0 Å².